The number of hydrogen-bond acceptors (Lipinski definition) is 7. The molecule has 0 saturated carbocycles. The van der Waals surface area contributed by atoms with E-state index in [4.69, 9.17) is 4.74 Å². The molecule has 1 atom stereocenters. The van der Waals surface area contributed by atoms with Crippen molar-refractivity contribution in [3.8, 4) is 11.6 Å². The van der Waals surface area contributed by atoms with Crippen molar-refractivity contribution in [2.24, 2.45) is 0 Å². The van der Waals surface area contributed by atoms with Crippen LogP contribution < -0.4 is 9.64 Å². The monoisotopic (exact) mass is 449 g/mol. The van der Waals surface area contributed by atoms with E-state index in [0.717, 1.165) is 41.8 Å². The van der Waals surface area contributed by atoms with Crippen molar-refractivity contribution in [3.63, 3.8) is 0 Å². The molecule has 1 aliphatic heterocycles. The molecule has 5 rings (SSSR count). The Morgan fingerprint density at radius 3 is 2.28 bits per heavy atom. The Labute approximate surface area is 191 Å². The Morgan fingerprint density at radius 1 is 0.969 bits per heavy atom. The standard InChI is InChI=1S/C24H27N5O2S/c1-16-4-6-18(7-5-16)21(22-23(30)29-24(32-22)25-17(2)26-29)28-14-12-27(13-15-28)19-8-10-20(31-3)11-9-19/h4-11,21,30H,12-15H2,1-3H3/t21-/m0/s1. The zero-order valence-electron chi connectivity index (χ0n) is 18.5. The summed E-state index contributed by atoms with van der Waals surface area (Å²) in [6.07, 6.45) is 0. The molecule has 0 radical (unpaired) electrons. The van der Waals surface area contributed by atoms with Crippen LogP contribution in [0.5, 0.6) is 11.6 Å². The topological polar surface area (TPSA) is 66.1 Å². The Bertz CT molecular complexity index is 1210. The molecule has 0 amide bonds. The van der Waals surface area contributed by atoms with Gasteiger partial charge in [0, 0.05) is 31.9 Å². The summed E-state index contributed by atoms with van der Waals surface area (Å²) >= 11 is 1.52. The minimum absolute atomic E-state index is 0.0394. The van der Waals surface area contributed by atoms with Crippen molar-refractivity contribution in [3.05, 3.63) is 70.4 Å². The van der Waals surface area contributed by atoms with E-state index in [-0.39, 0.29) is 11.9 Å². The second kappa shape index (κ2) is 8.44. The van der Waals surface area contributed by atoms with Crippen LogP contribution in [0.4, 0.5) is 5.69 Å². The fourth-order valence-corrected chi connectivity index (χ4v) is 5.50. The lowest BCUT2D eigenvalue weighted by Crippen LogP contribution is -2.47. The van der Waals surface area contributed by atoms with E-state index < -0.39 is 0 Å². The molecule has 0 spiro atoms. The first kappa shape index (κ1) is 20.8. The minimum Gasteiger partial charge on any atom is -0.497 e. The van der Waals surface area contributed by atoms with E-state index in [0.29, 0.717) is 5.82 Å². The van der Waals surface area contributed by atoms with Gasteiger partial charge in [-0.25, -0.2) is 4.98 Å². The van der Waals surface area contributed by atoms with Gasteiger partial charge in [0.1, 0.15) is 11.6 Å². The van der Waals surface area contributed by atoms with Gasteiger partial charge in [-0.3, -0.25) is 4.90 Å². The Balaban J connectivity index is 1.44. The van der Waals surface area contributed by atoms with E-state index in [2.05, 4.69) is 63.2 Å². The smallest absolute Gasteiger partial charge is 0.230 e. The zero-order chi connectivity index (χ0) is 22.2. The maximum absolute atomic E-state index is 11.0. The van der Waals surface area contributed by atoms with E-state index in [1.54, 1.807) is 11.6 Å². The number of anilines is 1. The van der Waals surface area contributed by atoms with Gasteiger partial charge >= 0.3 is 0 Å². The van der Waals surface area contributed by atoms with Gasteiger partial charge in [-0.15, -0.1) is 5.10 Å². The van der Waals surface area contributed by atoms with Gasteiger partial charge in [-0.2, -0.15) is 4.52 Å². The van der Waals surface area contributed by atoms with E-state index >= 15 is 0 Å². The molecule has 1 aliphatic rings. The molecule has 1 N–H and O–H groups in total. The van der Waals surface area contributed by atoms with Crippen LogP contribution in [0, 0.1) is 13.8 Å². The summed E-state index contributed by atoms with van der Waals surface area (Å²) in [5, 5.41) is 15.4. The number of rotatable bonds is 5. The quantitative estimate of drug-likeness (QED) is 0.496. The van der Waals surface area contributed by atoms with Gasteiger partial charge in [-0.05, 0) is 43.7 Å². The van der Waals surface area contributed by atoms with Crippen molar-refractivity contribution in [2.45, 2.75) is 19.9 Å². The molecule has 32 heavy (non-hydrogen) atoms. The molecule has 7 nitrogen and oxygen atoms in total. The van der Waals surface area contributed by atoms with Crippen molar-refractivity contribution < 1.29 is 9.84 Å². The van der Waals surface area contributed by atoms with E-state index in [9.17, 15) is 5.11 Å². The summed E-state index contributed by atoms with van der Waals surface area (Å²) in [5.41, 5.74) is 3.60. The Kier molecular flexibility index (Phi) is 5.48. The number of thiazole rings is 1. The summed E-state index contributed by atoms with van der Waals surface area (Å²) < 4.78 is 6.85. The molecule has 0 unspecified atom stereocenters. The molecule has 1 fully saturated rings. The highest BCUT2D eigenvalue weighted by atomic mass is 32.1. The largest absolute Gasteiger partial charge is 0.497 e. The van der Waals surface area contributed by atoms with Crippen LogP contribution in [0.2, 0.25) is 0 Å². The van der Waals surface area contributed by atoms with Gasteiger partial charge in [0.15, 0.2) is 0 Å². The van der Waals surface area contributed by atoms with Crippen LogP contribution in [-0.4, -0.2) is 57.9 Å². The number of aromatic hydroxyl groups is 1. The highest BCUT2D eigenvalue weighted by Crippen LogP contribution is 2.40. The summed E-state index contributed by atoms with van der Waals surface area (Å²) in [6.45, 7) is 7.53. The lowest BCUT2D eigenvalue weighted by molar-refractivity contribution is 0.211. The number of aromatic nitrogens is 3. The molecule has 166 valence electrons. The van der Waals surface area contributed by atoms with E-state index in [1.807, 2.05) is 19.1 Å². The summed E-state index contributed by atoms with van der Waals surface area (Å²) in [6, 6.07) is 16.8. The second-order valence-corrected chi connectivity index (χ2v) is 9.19. The first-order valence-corrected chi connectivity index (χ1v) is 11.6. The zero-order valence-corrected chi connectivity index (χ0v) is 19.3. The summed E-state index contributed by atoms with van der Waals surface area (Å²) in [5.74, 6) is 1.72. The highest BCUT2D eigenvalue weighted by molar-refractivity contribution is 7.17. The van der Waals surface area contributed by atoms with Crippen molar-refractivity contribution in [1.82, 2.24) is 19.5 Å². The maximum atomic E-state index is 11.0. The number of piperazine rings is 1. The summed E-state index contributed by atoms with van der Waals surface area (Å²) in [7, 11) is 1.69. The van der Waals surface area contributed by atoms with Crippen LogP contribution in [-0.2, 0) is 0 Å². The molecular formula is C24H27N5O2S. The molecule has 3 heterocycles. The van der Waals surface area contributed by atoms with Crippen LogP contribution in [0.3, 0.4) is 0 Å². The third-order valence-corrected chi connectivity index (χ3v) is 7.14. The first-order valence-electron chi connectivity index (χ1n) is 10.8. The third-order valence-electron chi connectivity index (χ3n) is 6.06. The lowest BCUT2D eigenvalue weighted by Gasteiger charge is -2.40. The lowest BCUT2D eigenvalue weighted by atomic mass is 10.0. The van der Waals surface area contributed by atoms with Crippen LogP contribution in [0.15, 0.2) is 48.5 Å². The Hall–Kier alpha value is -3.10. The molecule has 0 aliphatic carbocycles. The van der Waals surface area contributed by atoms with Crippen molar-refractivity contribution in [2.75, 3.05) is 38.2 Å². The molecule has 1 saturated heterocycles. The average molecular weight is 450 g/mol. The third kappa shape index (κ3) is 3.80. The fraction of sp³-hybridized carbons (Fsp3) is 0.333. The maximum Gasteiger partial charge on any atom is 0.230 e. The second-order valence-electron chi connectivity index (χ2n) is 8.18. The summed E-state index contributed by atoms with van der Waals surface area (Å²) in [4.78, 5) is 10.9. The molecule has 2 aromatic heterocycles. The number of hydrogen-bond donors (Lipinski definition) is 1. The van der Waals surface area contributed by atoms with Crippen LogP contribution in [0.1, 0.15) is 27.9 Å². The van der Waals surface area contributed by atoms with Crippen LogP contribution >= 0.6 is 11.3 Å². The number of nitrogens with zero attached hydrogens (tertiary/aromatic N) is 5. The number of aryl methyl sites for hydroxylation is 2. The molecule has 8 heteroatoms. The van der Waals surface area contributed by atoms with Crippen molar-refractivity contribution in [1.29, 1.82) is 0 Å². The van der Waals surface area contributed by atoms with Crippen LogP contribution in [0.25, 0.3) is 4.96 Å². The number of methoxy groups -OCH3 is 1. The Morgan fingerprint density at radius 2 is 1.66 bits per heavy atom. The number of benzene rings is 2. The van der Waals surface area contributed by atoms with Gasteiger partial charge in [0.05, 0.1) is 18.0 Å². The van der Waals surface area contributed by atoms with E-state index in [1.165, 1.54) is 28.2 Å². The molecule has 4 aromatic rings. The first-order chi connectivity index (χ1) is 15.5. The van der Waals surface area contributed by atoms with Gasteiger partial charge in [-0.1, -0.05) is 41.2 Å². The SMILES string of the molecule is COc1ccc(N2CCN([C@@H](c3ccc(C)cc3)c3sc4nc(C)nn4c3O)CC2)cc1. The molecular weight excluding hydrogens is 422 g/mol. The molecule has 0 bridgehead atoms. The predicted octanol–water partition coefficient (Wildman–Crippen LogP) is 4.03. The van der Waals surface area contributed by atoms with Crippen molar-refractivity contribution >= 4 is 22.0 Å². The van der Waals surface area contributed by atoms with Gasteiger partial charge < -0.3 is 14.7 Å². The van der Waals surface area contributed by atoms with Gasteiger partial charge in [0.2, 0.25) is 10.8 Å². The molecule has 2 aromatic carbocycles. The van der Waals surface area contributed by atoms with Gasteiger partial charge in [0.25, 0.3) is 0 Å². The highest BCUT2D eigenvalue weighted by Gasteiger charge is 2.31. The number of ether oxygens (including phenoxy) is 1. The fourth-order valence-electron chi connectivity index (χ4n) is 4.33. The predicted molar refractivity (Wildman–Crippen MR) is 127 cm³/mol. The normalized spacial score (nSPS) is 15.9. The minimum atomic E-state index is -0.0394. The average Bonchev–Trinajstić information content (AvgIpc) is 3.33. The number of fused-ring (bicyclic) bond motifs is 1.